The number of hydrogen-bond acceptors (Lipinski definition) is 5. The number of hydrogen-bond donors (Lipinski definition) is 2. The lowest BCUT2D eigenvalue weighted by molar-refractivity contribution is 0.0984. The topological polar surface area (TPSA) is 90.6 Å². The molecule has 20 heavy (non-hydrogen) atoms. The molecule has 0 unspecified atom stereocenters. The molecule has 0 saturated carbocycles. The minimum Gasteiger partial charge on any atom is -0.495 e. The molecule has 1 aromatic rings. The van der Waals surface area contributed by atoms with Crippen molar-refractivity contribution in [2.45, 2.75) is 24.6 Å². The third-order valence-corrected chi connectivity index (χ3v) is 5.24. The van der Waals surface area contributed by atoms with Gasteiger partial charge in [0.2, 0.25) is 10.0 Å². The average Bonchev–Trinajstić information content (AvgIpc) is 2.48. The maximum atomic E-state index is 12.4. The first kappa shape index (κ1) is 15.1. The zero-order valence-electron chi connectivity index (χ0n) is 11.5. The largest absolute Gasteiger partial charge is 0.495 e. The third-order valence-electron chi connectivity index (χ3n) is 3.40. The van der Waals surface area contributed by atoms with Gasteiger partial charge in [0.25, 0.3) is 0 Å². The molecule has 1 fully saturated rings. The van der Waals surface area contributed by atoms with Crippen LogP contribution in [-0.2, 0) is 21.3 Å². The zero-order chi connectivity index (χ0) is 14.6. The molecule has 6 nitrogen and oxygen atoms in total. The van der Waals surface area contributed by atoms with E-state index < -0.39 is 15.3 Å². The molecule has 112 valence electrons. The molecule has 1 heterocycles. The molecule has 1 aliphatic rings. The average molecular weight is 300 g/mol. The van der Waals surface area contributed by atoms with Gasteiger partial charge < -0.3 is 15.2 Å². The Kier molecular flexibility index (Phi) is 4.85. The SMILES string of the molecule is COc1cccc(CN)c1NS(=O)(=O)C1CCOCC1. The predicted octanol–water partition coefficient (Wildman–Crippen LogP) is 1.07. The van der Waals surface area contributed by atoms with Gasteiger partial charge in [0.1, 0.15) is 5.75 Å². The van der Waals surface area contributed by atoms with E-state index in [0.717, 1.165) is 0 Å². The number of benzene rings is 1. The smallest absolute Gasteiger partial charge is 0.235 e. The summed E-state index contributed by atoms with van der Waals surface area (Å²) in [5.74, 6) is 0.476. The van der Waals surface area contributed by atoms with Crippen LogP contribution in [0.4, 0.5) is 5.69 Å². The quantitative estimate of drug-likeness (QED) is 0.849. The molecule has 1 aromatic carbocycles. The van der Waals surface area contributed by atoms with E-state index in [2.05, 4.69) is 4.72 Å². The first-order chi connectivity index (χ1) is 9.58. The van der Waals surface area contributed by atoms with Crippen LogP contribution in [0.1, 0.15) is 18.4 Å². The highest BCUT2D eigenvalue weighted by Crippen LogP contribution is 2.30. The summed E-state index contributed by atoms with van der Waals surface area (Å²) < 4.78 is 37.9. The summed E-state index contributed by atoms with van der Waals surface area (Å²) in [6, 6.07) is 5.28. The van der Waals surface area contributed by atoms with Crippen LogP contribution in [0.2, 0.25) is 0 Å². The van der Waals surface area contributed by atoms with Crippen molar-refractivity contribution in [2.24, 2.45) is 5.73 Å². The van der Waals surface area contributed by atoms with Crippen LogP contribution in [0.15, 0.2) is 18.2 Å². The summed E-state index contributed by atoms with van der Waals surface area (Å²) >= 11 is 0. The van der Waals surface area contributed by atoms with Crippen molar-refractivity contribution in [1.29, 1.82) is 0 Å². The molecule has 0 amide bonds. The molecule has 0 radical (unpaired) electrons. The fourth-order valence-corrected chi connectivity index (χ4v) is 3.74. The van der Waals surface area contributed by atoms with Gasteiger partial charge in [-0.25, -0.2) is 8.42 Å². The van der Waals surface area contributed by atoms with Gasteiger partial charge in [0.05, 0.1) is 18.0 Å². The van der Waals surface area contributed by atoms with E-state index in [1.54, 1.807) is 18.2 Å². The van der Waals surface area contributed by atoms with Crippen LogP contribution in [0.3, 0.4) is 0 Å². The minimum absolute atomic E-state index is 0.239. The molecule has 1 saturated heterocycles. The molecule has 1 aliphatic heterocycles. The fourth-order valence-electron chi connectivity index (χ4n) is 2.24. The van der Waals surface area contributed by atoms with Gasteiger partial charge in [-0.15, -0.1) is 0 Å². The van der Waals surface area contributed by atoms with Gasteiger partial charge in [-0.05, 0) is 24.5 Å². The van der Waals surface area contributed by atoms with Crippen LogP contribution in [0, 0.1) is 0 Å². The van der Waals surface area contributed by atoms with Crippen molar-refractivity contribution in [3.63, 3.8) is 0 Å². The van der Waals surface area contributed by atoms with Gasteiger partial charge in [0, 0.05) is 19.8 Å². The number of anilines is 1. The Morgan fingerprint density at radius 1 is 1.40 bits per heavy atom. The molecule has 7 heteroatoms. The van der Waals surface area contributed by atoms with Crippen molar-refractivity contribution in [3.05, 3.63) is 23.8 Å². The van der Waals surface area contributed by atoms with Crippen molar-refractivity contribution in [2.75, 3.05) is 25.0 Å². The summed E-state index contributed by atoms with van der Waals surface area (Å²) in [4.78, 5) is 0. The Balaban J connectivity index is 2.28. The number of methoxy groups -OCH3 is 1. The van der Waals surface area contributed by atoms with Crippen LogP contribution in [-0.4, -0.2) is 34.0 Å². The first-order valence-electron chi connectivity index (χ1n) is 6.54. The standard InChI is InChI=1S/C13H20N2O4S/c1-18-12-4-2-3-10(9-14)13(12)15-20(16,17)11-5-7-19-8-6-11/h2-4,11,15H,5-9,14H2,1H3. The Morgan fingerprint density at radius 3 is 2.70 bits per heavy atom. The molecular formula is C13H20N2O4S. The Morgan fingerprint density at radius 2 is 2.10 bits per heavy atom. The highest BCUT2D eigenvalue weighted by atomic mass is 32.2. The number of para-hydroxylation sites is 1. The van der Waals surface area contributed by atoms with Crippen LogP contribution in [0.25, 0.3) is 0 Å². The molecule has 2 rings (SSSR count). The van der Waals surface area contributed by atoms with Gasteiger partial charge in [0.15, 0.2) is 0 Å². The van der Waals surface area contributed by atoms with Crippen LogP contribution in [0.5, 0.6) is 5.75 Å². The van der Waals surface area contributed by atoms with Crippen molar-refractivity contribution in [1.82, 2.24) is 0 Å². The number of sulfonamides is 1. The van der Waals surface area contributed by atoms with E-state index in [1.165, 1.54) is 7.11 Å². The number of nitrogens with two attached hydrogens (primary N) is 1. The van der Waals surface area contributed by atoms with Gasteiger partial charge in [-0.1, -0.05) is 12.1 Å². The van der Waals surface area contributed by atoms with E-state index in [1.807, 2.05) is 0 Å². The summed E-state index contributed by atoms with van der Waals surface area (Å²) in [5.41, 5.74) is 6.80. The number of rotatable bonds is 5. The van der Waals surface area contributed by atoms with Crippen LogP contribution < -0.4 is 15.2 Å². The molecule has 0 aliphatic carbocycles. The first-order valence-corrected chi connectivity index (χ1v) is 8.08. The lowest BCUT2D eigenvalue weighted by Crippen LogP contribution is -2.33. The second-order valence-corrected chi connectivity index (χ2v) is 6.62. The van der Waals surface area contributed by atoms with E-state index >= 15 is 0 Å². The number of ether oxygens (including phenoxy) is 2. The Labute approximate surface area is 119 Å². The zero-order valence-corrected chi connectivity index (χ0v) is 12.3. The van der Waals surface area contributed by atoms with Gasteiger partial charge in [-0.2, -0.15) is 0 Å². The maximum Gasteiger partial charge on any atom is 0.235 e. The summed E-state index contributed by atoms with van der Waals surface area (Å²) in [7, 11) is -1.97. The fraction of sp³-hybridized carbons (Fsp3) is 0.538. The molecule has 3 N–H and O–H groups in total. The summed E-state index contributed by atoms with van der Waals surface area (Å²) in [6.07, 6.45) is 1.00. The molecular weight excluding hydrogens is 280 g/mol. The molecule has 0 atom stereocenters. The minimum atomic E-state index is -3.47. The van der Waals surface area contributed by atoms with Gasteiger partial charge >= 0.3 is 0 Å². The van der Waals surface area contributed by atoms with E-state index in [0.29, 0.717) is 43.1 Å². The molecule has 0 aromatic heterocycles. The Hall–Kier alpha value is -1.31. The highest BCUT2D eigenvalue weighted by molar-refractivity contribution is 7.93. The van der Waals surface area contributed by atoms with E-state index in [4.69, 9.17) is 15.2 Å². The van der Waals surface area contributed by atoms with E-state index in [-0.39, 0.29) is 6.54 Å². The molecule has 0 bridgehead atoms. The maximum absolute atomic E-state index is 12.4. The lowest BCUT2D eigenvalue weighted by Gasteiger charge is -2.24. The summed E-state index contributed by atoms with van der Waals surface area (Å²) in [5, 5.41) is -0.438. The summed E-state index contributed by atoms with van der Waals surface area (Å²) in [6.45, 7) is 1.19. The number of nitrogens with one attached hydrogen (secondary N) is 1. The van der Waals surface area contributed by atoms with Crippen molar-refractivity contribution in [3.8, 4) is 5.75 Å². The monoisotopic (exact) mass is 300 g/mol. The lowest BCUT2D eigenvalue weighted by atomic mass is 10.1. The third kappa shape index (κ3) is 3.23. The Bertz CT molecular complexity index is 531. The normalized spacial score (nSPS) is 16.9. The predicted molar refractivity (Wildman–Crippen MR) is 77.3 cm³/mol. The van der Waals surface area contributed by atoms with Crippen LogP contribution >= 0.6 is 0 Å². The van der Waals surface area contributed by atoms with Crippen molar-refractivity contribution < 1.29 is 17.9 Å². The highest BCUT2D eigenvalue weighted by Gasteiger charge is 2.29. The second-order valence-electron chi connectivity index (χ2n) is 4.66. The van der Waals surface area contributed by atoms with Gasteiger partial charge in [-0.3, -0.25) is 4.72 Å². The molecule has 0 spiro atoms. The van der Waals surface area contributed by atoms with Crippen molar-refractivity contribution >= 4 is 15.7 Å². The second kappa shape index (κ2) is 6.43. The van der Waals surface area contributed by atoms with E-state index in [9.17, 15) is 8.42 Å².